The van der Waals surface area contributed by atoms with E-state index in [1.807, 2.05) is 4.90 Å². The van der Waals surface area contributed by atoms with Crippen molar-refractivity contribution in [3.8, 4) is 0 Å². The van der Waals surface area contributed by atoms with Gasteiger partial charge in [-0.05, 0) is 31.4 Å². The third-order valence-corrected chi connectivity index (χ3v) is 3.96. The molecule has 21 heavy (non-hydrogen) atoms. The first-order valence-electron chi connectivity index (χ1n) is 7.23. The van der Waals surface area contributed by atoms with Crippen molar-refractivity contribution in [2.75, 3.05) is 19.8 Å². The molecule has 0 bridgehead atoms. The lowest BCUT2D eigenvalue weighted by molar-refractivity contribution is 0.0681. The minimum atomic E-state index is -1.09. The monoisotopic (exact) mass is 290 g/mol. The number of aromatic nitrogens is 1. The van der Waals surface area contributed by atoms with Crippen molar-refractivity contribution in [3.63, 3.8) is 0 Å². The van der Waals surface area contributed by atoms with Crippen molar-refractivity contribution in [1.29, 1.82) is 0 Å². The molecule has 6 heteroatoms. The van der Waals surface area contributed by atoms with Crippen LogP contribution in [0.5, 0.6) is 0 Å². The number of aromatic carboxylic acids is 1. The van der Waals surface area contributed by atoms with E-state index >= 15 is 0 Å². The number of carbonyl (C=O) groups excluding carboxylic acids is 1. The summed E-state index contributed by atoms with van der Waals surface area (Å²) >= 11 is 0. The number of nitrogens with zero attached hydrogens (tertiary/aromatic N) is 2. The molecule has 0 aromatic carbocycles. The first-order valence-corrected chi connectivity index (χ1v) is 7.23. The zero-order chi connectivity index (χ0) is 14.8. The van der Waals surface area contributed by atoms with Gasteiger partial charge in [0.15, 0.2) is 0 Å². The van der Waals surface area contributed by atoms with E-state index < -0.39 is 5.97 Å². The smallest absolute Gasteiger partial charge is 0.354 e. The summed E-state index contributed by atoms with van der Waals surface area (Å²) in [4.78, 5) is 29.1. The summed E-state index contributed by atoms with van der Waals surface area (Å²) in [6.45, 7) is 2.20. The Morgan fingerprint density at radius 3 is 2.67 bits per heavy atom. The quantitative estimate of drug-likeness (QED) is 0.887. The van der Waals surface area contributed by atoms with Crippen molar-refractivity contribution < 1.29 is 19.4 Å². The Hall–Kier alpha value is -1.95. The van der Waals surface area contributed by atoms with E-state index in [0.29, 0.717) is 30.7 Å². The van der Waals surface area contributed by atoms with Gasteiger partial charge in [0.2, 0.25) is 0 Å². The Morgan fingerprint density at radius 2 is 2.14 bits per heavy atom. The van der Waals surface area contributed by atoms with Gasteiger partial charge in [-0.25, -0.2) is 9.78 Å². The highest BCUT2D eigenvalue weighted by molar-refractivity contribution is 5.95. The molecule has 3 rings (SSSR count). The summed E-state index contributed by atoms with van der Waals surface area (Å²) in [5.74, 6) is -0.745. The van der Waals surface area contributed by atoms with Crippen molar-refractivity contribution in [2.24, 2.45) is 5.92 Å². The Labute approximate surface area is 122 Å². The lowest BCUT2D eigenvalue weighted by Gasteiger charge is -2.25. The molecular formula is C15H18N2O4. The fraction of sp³-hybridized carbons (Fsp3) is 0.533. The lowest BCUT2D eigenvalue weighted by atomic mass is 10.1. The first kappa shape index (κ1) is 14.0. The molecule has 2 fully saturated rings. The van der Waals surface area contributed by atoms with E-state index in [9.17, 15) is 9.59 Å². The van der Waals surface area contributed by atoms with Crippen LogP contribution in [-0.4, -0.2) is 52.7 Å². The van der Waals surface area contributed by atoms with Crippen LogP contribution in [-0.2, 0) is 4.74 Å². The van der Waals surface area contributed by atoms with Crippen LogP contribution in [0.25, 0.3) is 0 Å². The second kappa shape index (κ2) is 5.81. The average molecular weight is 290 g/mol. The number of hydrogen-bond acceptors (Lipinski definition) is 4. The Morgan fingerprint density at radius 1 is 1.33 bits per heavy atom. The second-order valence-corrected chi connectivity index (χ2v) is 5.66. The van der Waals surface area contributed by atoms with Crippen LogP contribution in [0.1, 0.15) is 40.1 Å². The Kier molecular flexibility index (Phi) is 3.88. The van der Waals surface area contributed by atoms with Gasteiger partial charge in [0.1, 0.15) is 5.69 Å². The standard InChI is InChI=1S/C15H18N2O4/c18-14(11-1-4-13(15(19)20)16-7-11)17(12-2-3-12)8-10-5-6-21-9-10/h1,4,7,10,12H,2-3,5-6,8-9H2,(H,19,20). The predicted octanol–water partition coefficient (Wildman–Crippen LogP) is 1.42. The molecule has 0 radical (unpaired) electrons. The number of amides is 1. The Bertz CT molecular complexity index is 533. The van der Waals surface area contributed by atoms with E-state index in [4.69, 9.17) is 9.84 Å². The highest BCUT2D eigenvalue weighted by Crippen LogP contribution is 2.30. The normalized spacial score (nSPS) is 21.2. The van der Waals surface area contributed by atoms with Crippen molar-refractivity contribution >= 4 is 11.9 Å². The molecule has 1 saturated carbocycles. The van der Waals surface area contributed by atoms with E-state index in [1.54, 1.807) is 6.07 Å². The van der Waals surface area contributed by atoms with Crippen LogP contribution in [0.3, 0.4) is 0 Å². The van der Waals surface area contributed by atoms with Crippen molar-refractivity contribution in [3.05, 3.63) is 29.6 Å². The van der Waals surface area contributed by atoms with Gasteiger partial charge in [0.05, 0.1) is 12.2 Å². The number of hydrogen-bond donors (Lipinski definition) is 1. The molecule has 1 N–H and O–H groups in total. The molecular weight excluding hydrogens is 272 g/mol. The molecule has 1 aromatic rings. The zero-order valence-corrected chi connectivity index (χ0v) is 11.7. The number of pyridine rings is 1. The summed E-state index contributed by atoms with van der Waals surface area (Å²) in [5.41, 5.74) is 0.402. The summed E-state index contributed by atoms with van der Waals surface area (Å²) in [7, 11) is 0. The maximum Gasteiger partial charge on any atom is 0.354 e. The van der Waals surface area contributed by atoms with E-state index in [1.165, 1.54) is 12.3 Å². The molecule has 112 valence electrons. The van der Waals surface area contributed by atoms with Crippen LogP contribution in [0.15, 0.2) is 18.3 Å². The van der Waals surface area contributed by atoms with Crippen LogP contribution >= 0.6 is 0 Å². The predicted molar refractivity (Wildman–Crippen MR) is 74.2 cm³/mol. The van der Waals surface area contributed by atoms with E-state index in [2.05, 4.69) is 4.98 Å². The molecule has 1 amide bonds. The van der Waals surface area contributed by atoms with Crippen molar-refractivity contribution in [2.45, 2.75) is 25.3 Å². The van der Waals surface area contributed by atoms with E-state index in [0.717, 1.165) is 25.9 Å². The van der Waals surface area contributed by atoms with Gasteiger partial charge in [-0.2, -0.15) is 0 Å². The SMILES string of the molecule is O=C(O)c1ccc(C(=O)N(CC2CCOC2)C2CC2)cn1. The molecule has 6 nitrogen and oxygen atoms in total. The number of carboxylic acids is 1. The average Bonchev–Trinajstić information content (AvgIpc) is 3.20. The molecule has 2 aliphatic rings. The second-order valence-electron chi connectivity index (χ2n) is 5.66. The fourth-order valence-electron chi connectivity index (χ4n) is 2.60. The highest BCUT2D eigenvalue weighted by Gasteiger charge is 2.35. The molecule has 1 aromatic heterocycles. The van der Waals surface area contributed by atoms with E-state index in [-0.39, 0.29) is 11.6 Å². The van der Waals surface area contributed by atoms with Gasteiger partial charge in [-0.1, -0.05) is 0 Å². The summed E-state index contributed by atoms with van der Waals surface area (Å²) in [6.07, 6.45) is 4.43. The molecule has 1 aliphatic carbocycles. The minimum Gasteiger partial charge on any atom is -0.477 e. The van der Waals surface area contributed by atoms with Crippen LogP contribution in [0.2, 0.25) is 0 Å². The highest BCUT2D eigenvalue weighted by atomic mass is 16.5. The molecule has 0 spiro atoms. The third-order valence-electron chi connectivity index (χ3n) is 3.96. The zero-order valence-electron chi connectivity index (χ0n) is 11.7. The summed E-state index contributed by atoms with van der Waals surface area (Å²) in [6, 6.07) is 3.23. The largest absolute Gasteiger partial charge is 0.477 e. The van der Waals surface area contributed by atoms with Crippen LogP contribution < -0.4 is 0 Å². The lowest BCUT2D eigenvalue weighted by Crippen LogP contribution is -2.37. The van der Waals surface area contributed by atoms with Gasteiger partial charge < -0.3 is 14.7 Å². The molecule has 1 unspecified atom stereocenters. The number of ether oxygens (including phenoxy) is 1. The topological polar surface area (TPSA) is 79.7 Å². The maximum atomic E-state index is 12.6. The fourth-order valence-corrected chi connectivity index (χ4v) is 2.60. The number of carboxylic acid groups (broad SMARTS) is 1. The van der Waals surface area contributed by atoms with Gasteiger partial charge in [0.25, 0.3) is 5.91 Å². The van der Waals surface area contributed by atoms with Crippen molar-refractivity contribution in [1.82, 2.24) is 9.88 Å². The van der Waals surface area contributed by atoms with Gasteiger partial charge in [-0.3, -0.25) is 4.79 Å². The van der Waals surface area contributed by atoms with Gasteiger partial charge >= 0.3 is 5.97 Å². The molecule has 1 aliphatic heterocycles. The number of rotatable bonds is 5. The van der Waals surface area contributed by atoms with Gasteiger partial charge in [-0.15, -0.1) is 0 Å². The number of carbonyl (C=O) groups is 2. The molecule has 2 heterocycles. The summed E-state index contributed by atoms with van der Waals surface area (Å²) < 4.78 is 5.37. The summed E-state index contributed by atoms with van der Waals surface area (Å²) in [5, 5.41) is 8.84. The molecule has 1 saturated heterocycles. The van der Waals surface area contributed by atoms with Gasteiger partial charge in [0, 0.05) is 31.3 Å². The third kappa shape index (κ3) is 3.21. The minimum absolute atomic E-state index is 0.0475. The van der Waals surface area contributed by atoms with Crippen LogP contribution in [0, 0.1) is 5.92 Å². The molecule has 1 atom stereocenters. The first-order chi connectivity index (χ1) is 10.1. The Balaban J connectivity index is 1.72. The maximum absolute atomic E-state index is 12.6. The van der Waals surface area contributed by atoms with Crippen LogP contribution in [0.4, 0.5) is 0 Å².